The molecule has 0 atom stereocenters. The monoisotopic (exact) mass is 349 g/mol. The lowest BCUT2D eigenvalue weighted by atomic mass is 10.1. The number of rotatable bonds is 6. The maximum atomic E-state index is 13.3. The quantitative estimate of drug-likeness (QED) is 0.709. The van der Waals surface area contributed by atoms with Gasteiger partial charge in [0.1, 0.15) is 11.6 Å². The van der Waals surface area contributed by atoms with Gasteiger partial charge in [0, 0.05) is 18.0 Å². The van der Waals surface area contributed by atoms with E-state index in [0.717, 1.165) is 29.3 Å². The number of carbonyl (C=O) groups is 1. The van der Waals surface area contributed by atoms with Crippen LogP contribution in [0.1, 0.15) is 28.8 Å². The van der Waals surface area contributed by atoms with Crippen molar-refractivity contribution in [3.63, 3.8) is 0 Å². The molecule has 0 bridgehead atoms. The molecule has 0 unspecified atom stereocenters. The number of nitrogens with one attached hydrogen (secondary N) is 2. The van der Waals surface area contributed by atoms with E-state index in [1.807, 2.05) is 30.3 Å². The fourth-order valence-corrected chi connectivity index (χ4v) is 2.97. The third-order valence-electron chi connectivity index (χ3n) is 4.48. The molecule has 132 valence electrons. The molecule has 1 fully saturated rings. The van der Waals surface area contributed by atoms with Crippen LogP contribution in [0.4, 0.5) is 10.2 Å². The molecule has 26 heavy (non-hydrogen) atoms. The molecule has 1 saturated carbocycles. The third kappa shape index (κ3) is 3.82. The molecular formula is C21H20FN3O. The summed E-state index contributed by atoms with van der Waals surface area (Å²) in [6, 6.07) is 16.3. The van der Waals surface area contributed by atoms with E-state index in [0.29, 0.717) is 30.4 Å². The highest BCUT2D eigenvalue weighted by Crippen LogP contribution is 2.24. The molecule has 4 nitrogen and oxygen atoms in total. The first-order chi connectivity index (χ1) is 12.7. The van der Waals surface area contributed by atoms with E-state index >= 15 is 0 Å². The Morgan fingerprint density at radius 1 is 1.12 bits per heavy atom. The number of anilines is 1. The van der Waals surface area contributed by atoms with Crippen LogP contribution < -0.4 is 10.6 Å². The van der Waals surface area contributed by atoms with E-state index in [1.165, 1.54) is 12.1 Å². The van der Waals surface area contributed by atoms with Crippen LogP contribution in [0.15, 0.2) is 54.6 Å². The molecule has 3 aromatic rings. The Kier molecular flexibility index (Phi) is 4.52. The molecule has 1 heterocycles. The van der Waals surface area contributed by atoms with Crippen molar-refractivity contribution < 1.29 is 9.18 Å². The Balaban J connectivity index is 1.53. The van der Waals surface area contributed by atoms with Gasteiger partial charge in [-0.3, -0.25) is 4.79 Å². The van der Waals surface area contributed by atoms with Gasteiger partial charge in [-0.1, -0.05) is 30.3 Å². The standard InChI is InChI=1S/C21H20FN3O/c22-15-5-3-4-14(12-15)10-11-23-20-13-18(21(26)24-16-8-9-16)17-6-1-2-7-19(17)25-20/h1-7,12-13,16H,8-11H2,(H,23,25)(H,24,26). The lowest BCUT2D eigenvalue weighted by Gasteiger charge is -2.11. The molecule has 1 amide bonds. The number of amides is 1. The number of halogens is 1. The molecule has 4 rings (SSSR count). The fraction of sp³-hybridized carbons (Fsp3) is 0.238. The van der Waals surface area contributed by atoms with E-state index in [-0.39, 0.29) is 11.7 Å². The lowest BCUT2D eigenvalue weighted by molar-refractivity contribution is 0.0952. The third-order valence-corrected chi connectivity index (χ3v) is 4.48. The molecule has 1 aliphatic rings. The molecule has 1 aliphatic carbocycles. The van der Waals surface area contributed by atoms with Gasteiger partial charge >= 0.3 is 0 Å². The largest absolute Gasteiger partial charge is 0.370 e. The maximum absolute atomic E-state index is 13.3. The van der Waals surface area contributed by atoms with Gasteiger partial charge in [0.15, 0.2) is 0 Å². The van der Waals surface area contributed by atoms with Crippen LogP contribution in [0.25, 0.3) is 10.9 Å². The van der Waals surface area contributed by atoms with E-state index in [1.54, 1.807) is 12.1 Å². The number of hydrogen-bond donors (Lipinski definition) is 2. The zero-order valence-electron chi connectivity index (χ0n) is 14.3. The van der Waals surface area contributed by atoms with Crippen molar-refractivity contribution in [2.24, 2.45) is 0 Å². The normalized spacial score (nSPS) is 13.6. The van der Waals surface area contributed by atoms with Crippen molar-refractivity contribution in [2.45, 2.75) is 25.3 Å². The topological polar surface area (TPSA) is 54.0 Å². The first kappa shape index (κ1) is 16.5. The van der Waals surface area contributed by atoms with E-state index in [2.05, 4.69) is 15.6 Å². The summed E-state index contributed by atoms with van der Waals surface area (Å²) >= 11 is 0. The summed E-state index contributed by atoms with van der Waals surface area (Å²) in [6.07, 6.45) is 2.77. The maximum Gasteiger partial charge on any atom is 0.252 e. The number of carbonyl (C=O) groups excluding carboxylic acids is 1. The van der Waals surface area contributed by atoms with Gasteiger partial charge < -0.3 is 10.6 Å². The predicted octanol–water partition coefficient (Wildman–Crippen LogP) is 3.92. The zero-order valence-corrected chi connectivity index (χ0v) is 14.3. The Bertz CT molecular complexity index is 953. The molecule has 0 saturated heterocycles. The number of benzene rings is 2. The average molecular weight is 349 g/mol. The molecule has 0 radical (unpaired) electrons. The van der Waals surface area contributed by atoms with Gasteiger partial charge in [-0.05, 0) is 49.1 Å². The first-order valence-corrected chi connectivity index (χ1v) is 8.88. The second-order valence-electron chi connectivity index (χ2n) is 6.63. The van der Waals surface area contributed by atoms with Crippen LogP contribution in [-0.2, 0) is 6.42 Å². The molecule has 0 aliphatic heterocycles. The second-order valence-corrected chi connectivity index (χ2v) is 6.63. The van der Waals surface area contributed by atoms with Gasteiger partial charge in [-0.2, -0.15) is 0 Å². The van der Waals surface area contributed by atoms with Crippen LogP contribution in [0.2, 0.25) is 0 Å². The van der Waals surface area contributed by atoms with E-state index < -0.39 is 0 Å². The van der Waals surface area contributed by atoms with E-state index in [9.17, 15) is 9.18 Å². The number of nitrogens with zero attached hydrogens (tertiary/aromatic N) is 1. The molecular weight excluding hydrogens is 329 g/mol. The van der Waals surface area contributed by atoms with Crippen LogP contribution in [0, 0.1) is 5.82 Å². The van der Waals surface area contributed by atoms with Crippen molar-refractivity contribution >= 4 is 22.6 Å². The highest BCUT2D eigenvalue weighted by Gasteiger charge is 2.24. The zero-order chi connectivity index (χ0) is 17.9. The first-order valence-electron chi connectivity index (χ1n) is 8.88. The van der Waals surface area contributed by atoms with Crippen molar-refractivity contribution in [1.82, 2.24) is 10.3 Å². The van der Waals surface area contributed by atoms with Gasteiger partial charge in [0.2, 0.25) is 0 Å². The van der Waals surface area contributed by atoms with Gasteiger partial charge in [0.05, 0.1) is 11.1 Å². The van der Waals surface area contributed by atoms with Crippen LogP contribution >= 0.6 is 0 Å². The lowest BCUT2D eigenvalue weighted by Crippen LogP contribution is -2.25. The summed E-state index contributed by atoms with van der Waals surface area (Å²) in [5.41, 5.74) is 2.34. The van der Waals surface area contributed by atoms with Crippen LogP contribution in [0.3, 0.4) is 0 Å². The number of hydrogen-bond acceptors (Lipinski definition) is 3. The number of fused-ring (bicyclic) bond motifs is 1. The van der Waals surface area contributed by atoms with Crippen LogP contribution in [-0.4, -0.2) is 23.5 Å². The summed E-state index contributed by atoms with van der Waals surface area (Å²) in [4.78, 5) is 17.2. The molecule has 2 aromatic carbocycles. The summed E-state index contributed by atoms with van der Waals surface area (Å²) in [6.45, 7) is 0.610. The van der Waals surface area contributed by atoms with E-state index in [4.69, 9.17) is 0 Å². The van der Waals surface area contributed by atoms with Gasteiger partial charge in [-0.25, -0.2) is 9.37 Å². The number of aromatic nitrogens is 1. The summed E-state index contributed by atoms with van der Waals surface area (Å²) in [5.74, 6) is 0.366. The Hall–Kier alpha value is -2.95. The molecule has 5 heteroatoms. The molecule has 1 aromatic heterocycles. The van der Waals surface area contributed by atoms with Crippen molar-refractivity contribution in [3.8, 4) is 0 Å². The molecule has 2 N–H and O–H groups in total. The van der Waals surface area contributed by atoms with Crippen LogP contribution in [0.5, 0.6) is 0 Å². The molecule has 0 spiro atoms. The Labute approximate surface area is 151 Å². The summed E-state index contributed by atoms with van der Waals surface area (Å²) in [5, 5.41) is 7.15. The minimum Gasteiger partial charge on any atom is -0.370 e. The highest BCUT2D eigenvalue weighted by molar-refractivity contribution is 6.07. The SMILES string of the molecule is O=C(NC1CC1)c1cc(NCCc2cccc(F)c2)nc2ccccc12. The highest BCUT2D eigenvalue weighted by atomic mass is 19.1. The van der Waals surface area contributed by atoms with Crippen molar-refractivity contribution in [1.29, 1.82) is 0 Å². The Morgan fingerprint density at radius 3 is 2.77 bits per heavy atom. The average Bonchev–Trinajstić information content (AvgIpc) is 3.45. The number of pyridine rings is 1. The van der Waals surface area contributed by atoms with Crippen molar-refractivity contribution in [3.05, 3.63) is 71.5 Å². The summed E-state index contributed by atoms with van der Waals surface area (Å²) in [7, 11) is 0. The second kappa shape index (κ2) is 7.12. The summed E-state index contributed by atoms with van der Waals surface area (Å²) < 4.78 is 13.3. The fourth-order valence-electron chi connectivity index (χ4n) is 2.97. The predicted molar refractivity (Wildman–Crippen MR) is 101 cm³/mol. The minimum absolute atomic E-state index is 0.0562. The Morgan fingerprint density at radius 2 is 1.96 bits per heavy atom. The van der Waals surface area contributed by atoms with Crippen molar-refractivity contribution in [2.75, 3.05) is 11.9 Å². The number of para-hydroxylation sites is 1. The van der Waals surface area contributed by atoms with Gasteiger partial charge in [-0.15, -0.1) is 0 Å². The van der Waals surface area contributed by atoms with Gasteiger partial charge in [0.25, 0.3) is 5.91 Å². The minimum atomic E-state index is -0.231. The smallest absolute Gasteiger partial charge is 0.252 e.